The number of carbonyl (C=O) groups excluding carboxylic acids is 3. The van der Waals surface area contributed by atoms with Gasteiger partial charge < -0.3 is 19.1 Å². The first-order valence-corrected chi connectivity index (χ1v) is 9.84. The molecule has 1 fully saturated rings. The summed E-state index contributed by atoms with van der Waals surface area (Å²) in [6.07, 6.45) is -0.0954. The number of carbonyl (C=O) groups is 3. The molecule has 30 heavy (non-hydrogen) atoms. The number of hydrogen-bond donors (Lipinski definition) is 0. The molecule has 7 heteroatoms. The van der Waals surface area contributed by atoms with E-state index in [1.54, 1.807) is 53.4 Å². The van der Waals surface area contributed by atoms with Crippen molar-refractivity contribution in [1.29, 1.82) is 0 Å². The average molecular weight is 411 g/mol. The Kier molecular flexibility index (Phi) is 7.19. The zero-order chi connectivity index (χ0) is 21.5. The van der Waals surface area contributed by atoms with Crippen LogP contribution in [-0.2, 0) is 19.1 Å². The Bertz CT molecular complexity index is 870. The molecule has 0 saturated carbocycles. The summed E-state index contributed by atoms with van der Waals surface area (Å²) in [5, 5.41) is 0. The van der Waals surface area contributed by atoms with Crippen molar-refractivity contribution >= 4 is 17.7 Å². The minimum atomic E-state index is -0.637. The van der Waals surface area contributed by atoms with Crippen molar-refractivity contribution in [1.82, 2.24) is 4.90 Å². The smallest absolute Gasteiger partial charge is 0.344 e. The van der Waals surface area contributed by atoms with Crippen molar-refractivity contribution in [3.05, 3.63) is 65.7 Å². The van der Waals surface area contributed by atoms with Gasteiger partial charge in [0.15, 0.2) is 19.0 Å². The van der Waals surface area contributed by atoms with Crippen LogP contribution in [0.2, 0.25) is 0 Å². The summed E-state index contributed by atoms with van der Waals surface area (Å²) in [6, 6.07) is 15.5. The van der Waals surface area contributed by atoms with E-state index in [1.165, 1.54) is 0 Å². The molecule has 0 N–H and O–H groups in total. The van der Waals surface area contributed by atoms with Crippen LogP contribution in [0.15, 0.2) is 54.6 Å². The van der Waals surface area contributed by atoms with Crippen LogP contribution in [0.5, 0.6) is 5.75 Å². The van der Waals surface area contributed by atoms with Gasteiger partial charge in [-0.3, -0.25) is 9.59 Å². The maximum Gasteiger partial charge on any atom is 0.344 e. The number of nitrogens with zero attached hydrogens (tertiary/aromatic N) is 1. The second kappa shape index (κ2) is 10.0. The number of esters is 1. The van der Waals surface area contributed by atoms with Crippen molar-refractivity contribution in [3.8, 4) is 5.75 Å². The molecule has 0 aromatic heterocycles. The summed E-state index contributed by atoms with van der Waals surface area (Å²) >= 11 is 0. The third-order valence-electron chi connectivity index (χ3n) is 4.64. The predicted octanol–water partition coefficient (Wildman–Crippen LogP) is 2.48. The standard InChI is InChI=1S/C23H25NO6/c1-16-12-24(13-17(2)30-16)21(25)14-29-22(26)15-28-20-10-8-19(9-11-20)23(27)18-6-4-3-5-7-18/h3-11,16-17H,12-15H2,1-2H3. The van der Waals surface area contributed by atoms with Gasteiger partial charge in [-0.05, 0) is 38.1 Å². The lowest BCUT2D eigenvalue weighted by Gasteiger charge is -2.35. The molecular formula is C23H25NO6. The van der Waals surface area contributed by atoms with E-state index in [2.05, 4.69) is 0 Å². The third kappa shape index (κ3) is 5.90. The molecule has 0 spiro atoms. The lowest BCUT2D eigenvalue weighted by atomic mass is 10.0. The molecule has 158 valence electrons. The molecule has 1 heterocycles. The second-order valence-corrected chi connectivity index (χ2v) is 7.22. The summed E-state index contributed by atoms with van der Waals surface area (Å²) in [4.78, 5) is 38.1. The van der Waals surface area contributed by atoms with Gasteiger partial charge in [0.05, 0.1) is 12.2 Å². The molecule has 7 nitrogen and oxygen atoms in total. The highest BCUT2D eigenvalue weighted by Crippen LogP contribution is 2.16. The fourth-order valence-electron chi connectivity index (χ4n) is 3.26. The van der Waals surface area contributed by atoms with E-state index in [9.17, 15) is 14.4 Å². The number of benzene rings is 2. The van der Waals surface area contributed by atoms with Crippen molar-refractivity contribution in [2.75, 3.05) is 26.3 Å². The molecule has 0 bridgehead atoms. The molecule has 2 unspecified atom stereocenters. The maximum absolute atomic E-state index is 12.4. The zero-order valence-corrected chi connectivity index (χ0v) is 17.1. The van der Waals surface area contributed by atoms with E-state index >= 15 is 0 Å². The van der Waals surface area contributed by atoms with Gasteiger partial charge in [-0.25, -0.2) is 4.79 Å². The Morgan fingerprint density at radius 1 is 0.900 bits per heavy atom. The van der Waals surface area contributed by atoms with Crippen LogP contribution in [0.25, 0.3) is 0 Å². The molecule has 1 saturated heterocycles. The molecule has 0 aliphatic carbocycles. The van der Waals surface area contributed by atoms with E-state index in [0.717, 1.165) is 0 Å². The maximum atomic E-state index is 12.4. The van der Waals surface area contributed by atoms with Crippen LogP contribution in [0, 0.1) is 0 Å². The first-order valence-electron chi connectivity index (χ1n) is 9.84. The average Bonchev–Trinajstić information content (AvgIpc) is 2.75. The van der Waals surface area contributed by atoms with Crippen LogP contribution < -0.4 is 4.74 Å². The highest BCUT2D eigenvalue weighted by atomic mass is 16.6. The van der Waals surface area contributed by atoms with Gasteiger partial charge in [0, 0.05) is 24.2 Å². The largest absolute Gasteiger partial charge is 0.482 e. The molecular weight excluding hydrogens is 386 g/mol. The number of hydrogen-bond acceptors (Lipinski definition) is 6. The highest BCUT2D eigenvalue weighted by molar-refractivity contribution is 6.08. The molecule has 1 amide bonds. The fourth-order valence-corrected chi connectivity index (χ4v) is 3.26. The van der Waals surface area contributed by atoms with Gasteiger partial charge in [-0.15, -0.1) is 0 Å². The van der Waals surface area contributed by atoms with Crippen LogP contribution >= 0.6 is 0 Å². The normalized spacial score (nSPS) is 18.5. The molecule has 2 atom stereocenters. The SMILES string of the molecule is CC1CN(C(=O)COC(=O)COc2ccc(C(=O)c3ccccc3)cc2)CC(C)O1. The lowest BCUT2D eigenvalue weighted by molar-refractivity contribution is -0.158. The van der Waals surface area contributed by atoms with E-state index in [0.29, 0.717) is 30.0 Å². The minimum Gasteiger partial charge on any atom is -0.482 e. The van der Waals surface area contributed by atoms with E-state index < -0.39 is 5.97 Å². The van der Waals surface area contributed by atoms with Crippen molar-refractivity contribution < 1.29 is 28.6 Å². The van der Waals surface area contributed by atoms with Gasteiger partial charge in [0.25, 0.3) is 5.91 Å². The lowest BCUT2D eigenvalue weighted by Crippen LogP contribution is -2.49. The van der Waals surface area contributed by atoms with Crippen molar-refractivity contribution in [2.45, 2.75) is 26.1 Å². The number of rotatable bonds is 7. The Labute approximate surface area is 175 Å². The molecule has 0 radical (unpaired) electrons. The number of ketones is 1. The van der Waals surface area contributed by atoms with Crippen LogP contribution in [0.4, 0.5) is 0 Å². The summed E-state index contributed by atoms with van der Waals surface area (Å²) in [7, 11) is 0. The predicted molar refractivity (Wildman–Crippen MR) is 109 cm³/mol. The first-order chi connectivity index (χ1) is 14.4. The summed E-state index contributed by atoms with van der Waals surface area (Å²) in [6.45, 7) is 4.10. The van der Waals surface area contributed by atoms with Gasteiger partial charge in [0.1, 0.15) is 5.75 Å². The molecule has 1 aliphatic heterocycles. The number of morpholine rings is 1. The van der Waals surface area contributed by atoms with Gasteiger partial charge in [0.2, 0.25) is 0 Å². The van der Waals surface area contributed by atoms with Crippen molar-refractivity contribution in [2.24, 2.45) is 0 Å². The highest BCUT2D eigenvalue weighted by Gasteiger charge is 2.26. The van der Waals surface area contributed by atoms with Crippen LogP contribution in [-0.4, -0.2) is 61.1 Å². The topological polar surface area (TPSA) is 82.1 Å². The number of amides is 1. The van der Waals surface area contributed by atoms with E-state index in [4.69, 9.17) is 14.2 Å². The van der Waals surface area contributed by atoms with Crippen molar-refractivity contribution in [3.63, 3.8) is 0 Å². The third-order valence-corrected chi connectivity index (χ3v) is 4.64. The van der Waals surface area contributed by atoms with Crippen LogP contribution in [0.1, 0.15) is 29.8 Å². The van der Waals surface area contributed by atoms with Crippen LogP contribution in [0.3, 0.4) is 0 Å². The van der Waals surface area contributed by atoms with Gasteiger partial charge in [-0.2, -0.15) is 0 Å². The monoisotopic (exact) mass is 411 g/mol. The Morgan fingerprint density at radius 2 is 1.50 bits per heavy atom. The quantitative estimate of drug-likeness (QED) is 0.514. The molecule has 1 aliphatic rings. The van der Waals surface area contributed by atoms with Gasteiger partial charge >= 0.3 is 5.97 Å². The summed E-state index contributed by atoms with van der Waals surface area (Å²) < 4.78 is 16.0. The first kappa shape index (κ1) is 21.5. The Balaban J connectivity index is 1.43. The zero-order valence-electron chi connectivity index (χ0n) is 17.1. The fraction of sp³-hybridized carbons (Fsp3) is 0.348. The second-order valence-electron chi connectivity index (χ2n) is 7.22. The Morgan fingerprint density at radius 3 is 2.13 bits per heavy atom. The summed E-state index contributed by atoms with van der Waals surface area (Å²) in [5.41, 5.74) is 1.12. The van der Waals surface area contributed by atoms with E-state index in [-0.39, 0.29) is 37.1 Å². The van der Waals surface area contributed by atoms with Gasteiger partial charge in [-0.1, -0.05) is 30.3 Å². The summed E-state index contributed by atoms with van der Waals surface area (Å²) in [5.74, 6) is -0.554. The molecule has 2 aromatic carbocycles. The molecule has 2 aromatic rings. The van der Waals surface area contributed by atoms with E-state index in [1.807, 2.05) is 19.9 Å². The Hall–Kier alpha value is -3.19. The molecule has 3 rings (SSSR count). The minimum absolute atomic E-state index is 0.0477. The number of ether oxygens (including phenoxy) is 3.